The second-order valence-electron chi connectivity index (χ2n) is 10.6. The number of benzene rings is 3. The van der Waals surface area contributed by atoms with Crippen LogP contribution in [0.4, 0.5) is 0 Å². The molecule has 1 saturated heterocycles. The van der Waals surface area contributed by atoms with Gasteiger partial charge >= 0.3 is 23.9 Å². The zero-order valence-corrected chi connectivity index (χ0v) is 26.1. The summed E-state index contributed by atoms with van der Waals surface area (Å²) < 4.78 is 34.4. The molecule has 0 bridgehead atoms. The Morgan fingerprint density at radius 3 is 1.72 bits per heavy atom. The van der Waals surface area contributed by atoms with Gasteiger partial charge in [0.1, 0.15) is 18.8 Å². The Morgan fingerprint density at radius 2 is 1.21 bits per heavy atom. The van der Waals surface area contributed by atoms with Crippen molar-refractivity contribution in [3.8, 4) is 0 Å². The van der Waals surface area contributed by atoms with Crippen LogP contribution in [0.15, 0.2) is 91.0 Å². The summed E-state index contributed by atoms with van der Waals surface area (Å²) >= 11 is 0. The Morgan fingerprint density at radius 1 is 0.702 bits per heavy atom. The zero-order valence-electron chi connectivity index (χ0n) is 26.1. The predicted molar refractivity (Wildman–Crippen MR) is 166 cm³/mol. The van der Waals surface area contributed by atoms with E-state index in [4.69, 9.17) is 23.7 Å². The molecule has 248 valence electrons. The highest BCUT2D eigenvalue weighted by Gasteiger charge is 2.52. The molecular formula is C35H37NO11. The van der Waals surface area contributed by atoms with Crippen LogP contribution in [0.2, 0.25) is 0 Å². The van der Waals surface area contributed by atoms with Crippen LogP contribution in [0, 0.1) is 0 Å². The van der Waals surface area contributed by atoms with E-state index in [1.807, 2.05) is 0 Å². The maximum absolute atomic E-state index is 13.4. The Hall–Kier alpha value is -5.07. The van der Waals surface area contributed by atoms with E-state index in [0.29, 0.717) is 12.8 Å². The van der Waals surface area contributed by atoms with Gasteiger partial charge in [-0.3, -0.25) is 9.59 Å². The van der Waals surface area contributed by atoms with Crippen molar-refractivity contribution in [1.29, 1.82) is 0 Å². The largest absolute Gasteiger partial charge is 0.469 e. The molecule has 3 aromatic rings. The number of methoxy groups -OCH3 is 1. The third-order valence-corrected chi connectivity index (χ3v) is 7.19. The van der Waals surface area contributed by atoms with Gasteiger partial charge in [-0.2, -0.15) is 0 Å². The topological polar surface area (TPSA) is 153 Å². The molecule has 3 aromatic carbocycles. The van der Waals surface area contributed by atoms with Gasteiger partial charge in [0.25, 0.3) is 0 Å². The van der Waals surface area contributed by atoms with Crippen molar-refractivity contribution < 1.29 is 52.4 Å². The number of ether oxygens (including phenoxy) is 6. The van der Waals surface area contributed by atoms with E-state index in [1.165, 1.54) is 14.0 Å². The molecule has 0 saturated carbocycles. The summed E-state index contributed by atoms with van der Waals surface area (Å²) in [5, 5.41) is 2.72. The smallest absolute Gasteiger partial charge is 0.338 e. The van der Waals surface area contributed by atoms with Gasteiger partial charge in [-0.15, -0.1) is 0 Å². The fraction of sp³-hybridized carbons (Fsp3) is 0.343. The average Bonchev–Trinajstić information content (AvgIpc) is 3.10. The molecule has 0 spiro atoms. The van der Waals surface area contributed by atoms with Crippen molar-refractivity contribution in [2.24, 2.45) is 0 Å². The maximum Gasteiger partial charge on any atom is 0.338 e. The van der Waals surface area contributed by atoms with Crippen LogP contribution >= 0.6 is 0 Å². The van der Waals surface area contributed by atoms with Crippen molar-refractivity contribution in [3.05, 3.63) is 108 Å². The van der Waals surface area contributed by atoms with Crippen molar-refractivity contribution >= 4 is 29.8 Å². The number of hydrogen-bond acceptors (Lipinski definition) is 11. The fourth-order valence-electron chi connectivity index (χ4n) is 4.87. The molecule has 1 N–H and O–H groups in total. The molecular weight excluding hydrogens is 610 g/mol. The number of esters is 4. The first-order chi connectivity index (χ1) is 22.8. The summed E-state index contributed by atoms with van der Waals surface area (Å²) in [5.74, 6) is -3.05. The first-order valence-corrected chi connectivity index (χ1v) is 15.1. The summed E-state index contributed by atoms with van der Waals surface area (Å²) in [4.78, 5) is 63.7. The molecule has 4 rings (SSSR count). The van der Waals surface area contributed by atoms with Crippen LogP contribution in [-0.2, 0) is 38.0 Å². The third-order valence-electron chi connectivity index (χ3n) is 7.19. The van der Waals surface area contributed by atoms with Crippen molar-refractivity contribution in [3.63, 3.8) is 0 Å². The highest BCUT2D eigenvalue weighted by Crippen LogP contribution is 2.29. The second-order valence-corrected chi connectivity index (χ2v) is 10.6. The SMILES string of the molecule is COC(=O)CCCCOC1OC(COC(=O)c2ccccc2)C(OC(=O)c2ccccc2)C(OC(=O)c2ccccc2)C1NC(C)=O. The standard InChI is InChI=1S/C35H37NO11/c1-23(37)36-29-31(47-34(41)26-18-10-5-11-19-26)30(46-33(40)25-16-8-4-9-17-25)27(22-44-32(39)24-14-6-3-7-15-24)45-35(29)43-21-13-12-20-28(38)42-2/h3-11,14-19,27,29-31,35H,12-13,20-22H2,1-2H3,(H,36,37). The average molecular weight is 648 g/mol. The Labute approximate surface area is 272 Å². The summed E-state index contributed by atoms with van der Waals surface area (Å²) in [6, 6.07) is 23.4. The lowest BCUT2D eigenvalue weighted by Crippen LogP contribution is -2.66. The Balaban J connectivity index is 1.66. The Bertz CT molecular complexity index is 1480. The molecule has 5 unspecified atom stereocenters. The van der Waals surface area contributed by atoms with E-state index in [2.05, 4.69) is 10.1 Å². The highest BCUT2D eigenvalue weighted by atomic mass is 16.7. The maximum atomic E-state index is 13.4. The van der Waals surface area contributed by atoms with Gasteiger partial charge in [0.15, 0.2) is 18.5 Å². The van der Waals surface area contributed by atoms with Crippen LogP contribution in [0.1, 0.15) is 57.3 Å². The minimum atomic E-state index is -1.37. The number of hydrogen-bond donors (Lipinski definition) is 1. The summed E-state index contributed by atoms with van der Waals surface area (Å²) in [6.07, 6.45) is -4.11. The zero-order chi connectivity index (χ0) is 33.6. The summed E-state index contributed by atoms with van der Waals surface area (Å²) in [6.45, 7) is 0.930. The van der Waals surface area contributed by atoms with Gasteiger partial charge in [-0.1, -0.05) is 54.6 Å². The third kappa shape index (κ3) is 10.2. The number of nitrogens with one attached hydrogen (secondary N) is 1. The molecule has 12 heteroatoms. The van der Waals surface area contributed by atoms with Crippen molar-refractivity contribution in [2.45, 2.75) is 56.8 Å². The lowest BCUT2D eigenvalue weighted by Gasteiger charge is -2.45. The molecule has 1 aliphatic heterocycles. The van der Waals surface area contributed by atoms with Crippen LogP contribution < -0.4 is 5.32 Å². The molecule has 0 aliphatic carbocycles. The number of unbranched alkanes of at least 4 members (excludes halogenated alkanes) is 1. The molecule has 12 nitrogen and oxygen atoms in total. The first kappa shape index (κ1) is 34.8. The lowest BCUT2D eigenvalue weighted by molar-refractivity contribution is -0.269. The van der Waals surface area contributed by atoms with Gasteiger partial charge in [0, 0.05) is 20.0 Å². The molecule has 5 atom stereocenters. The van der Waals surface area contributed by atoms with Crippen LogP contribution in [-0.4, -0.2) is 80.8 Å². The van der Waals surface area contributed by atoms with E-state index in [1.54, 1.807) is 91.0 Å². The van der Waals surface area contributed by atoms with Crippen LogP contribution in [0.5, 0.6) is 0 Å². The normalized spacial score (nSPS) is 20.3. The van der Waals surface area contributed by atoms with Crippen LogP contribution in [0.25, 0.3) is 0 Å². The van der Waals surface area contributed by atoms with E-state index in [-0.39, 0.29) is 35.7 Å². The molecule has 1 heterocycles. The minimum Gasteiger partial charge on any atom is -0.469 e. The van der Waals surface area contributed by atoms with Crippen LogP contribution in [0.3, 0.4) is 0 Å². The molecule has 0 radical (unpaired) electrons. The fourth-order valence-corrected chi connectivity index (χ4v) is 4.87. The summed E-state index contributed by atoms with van der Waals surface area (Å²) in [5.41, 5.74) is 0.699. The van der Waals surface area contributed by atoms with Crippen molar-refractivity contribution in [2.75, 3.05) is 20.3 Å². The van der Waals surface area contributed by atoms with Gasteiger partial charge in [0.2, 0.25) is 5.91 Å². The van der Waals surface area contributed by atoms with E-state index in [9.17, 15) is 24.0 Å². The number of rotatable bonds is 14. The van der Waals surface area contributed by atoms with E-state index in [0.717, 1.165) is 0 Å². The summed E-state index contributed by atoms with van der Waals surface area (Å²) in [7, 11) is 1.30. The van der Waals surface area contributed by atoms with Gasteiger partial charge in [-0.25, -0.2) is 14.4 Å². The second kappa shape index (κ2) is 17.6. The van der Waals surface area contributed by atoms with Gasteiger partial charge in [-0.05, 0) is 49.2 Å². The minimum absolute atomic E-state index is 0.0854. The molecule has 1 amide bonds. The molecule has 47 heavy (non-hydrogen) atoms. The predicted octanol–water partition coefficient (Wildman–Crippen LogP) is 3.88. The molecule has 1 fully saturated rings. The first-order valence-electron chi connectivity index (χ1n) is 15.1. The number of carbonyl (C=O) groups is 5. The van der Waals surface area contributed by atoms with E-state index >= 15 is 0 Å². The number of carbonyl (C=O) groups excluding carboxylic acids is 5. The Kier molecular flexibility index (Phi) is 13.0. The molecule has 1 aliphatic rings. The quantitative estimate of drug-likeness (QED) is 0.154. The molecule has 0 aromatic heterocycles. The monoisotopic (exact) mass is 647 g/mol. The van der Waals surface area contributed by atoms with E-state index < -0.39 is 61.1 Å². The highest BCUT2D eigenvalue weighted by molar-refractivity contribution is 5.91. The lowest BCUT2D eigenvalue weighted by atomic mass is 9.95. The van der Waals surface area contributed by atoms with Gasteiger partial charge < -0.3 is 33.7 Å². The van der Waals surface area contributed by atoms with Crippen molar-refractivity contribution in [1.82, 2.24) is 5.32 Å². The van der Waals surface area contributed by atoms with Gasteiger partial charge in [0.05, 0.1) is 23.8 Å². The number of amides is 1.